The van der Waals surface area contributed by atoms with E-state index in [2.05, 4.69) is 22.9 Å². The third-order valence-electron chi connectivity index (χ3n) is 2.56. The molecule has 0 saturated carbocycles. The second-order valence-corrected chi connectivity index (χ2v) is 7.85. The van der Waals surface area contributed by atoms with Crippen LogP contribution < -0.4 is 9.47 Å². The molecular weight excluding hydrogens is 384 g/mol. The third-order valence-corrected chi connectivity index (χ3v) is 5.64. The van der Waals surface area contributed by atoms with E-state index >= 15 is 0 Å². The van der Waals surface area contributed by atoms with E-state index in [4.69, 9.17) is 18.4 Å². The van der Waals surface area contributed by atoms with Crippen LogP contribution in [0.15, 0.2) is 22.7 Å². The summed E-state index contributed by atoms with van der Waals surface area (Å²) >= 11 is 5.02. The molecule has 4 nitrogen and oxygen atoms in total. The van der Waals surface area contributed by atoms with Crippen molar-refractivity contribution in [2.75, 3.05) is 33.5 Å². The van der Waals surface area contributed by atoms with Crippen molar-refractivity contribution in [1.29, 1.82) is 0 Å². The maximum absolute atomic E-state index is 5.72. The first-order valence-corrected chi connectivity index (χ1v) is 10.8. The minimum atomic E-state index is 0.523. The SMILES string of the molecule is CCC[Si]SOCCOc1cc(OCCCOC)ccc1Br. The smallest absolute Gasteiger partial charge is 0.163 e. The van der Waals surface area contributed by atoms with E-state index in [-0.39, 0.29) is 0 Å². The molecule has 2 radical (unpaired) electrons. The Hall–Kier alpha value is -0.213. The van der Waals surface area contributed by atoms with E-state index in [0.717, 1.165) is 31.1 Å². The van der Waals surface area contributed by atoms with Gasteiger partial charge < -0.3 is 18.4 Å². The Kier molecular flexibility index (Phi) is 11.9. The van der Waals surface area contributed by atoms with Crippen LogP contribution in [0.4, 0.5) is 0 Å². The molecule has 0 fully saturated rings. The summed E-state index contributed by atoms with van der Waals surface area (Å²) in [5, 5.41) is 0. The largest absolute Gasteiger partial charge is 0.493 e. The molecule has 0 unspecified atom stereocenters. The fourth-order valence-electron chi connectivity index (χ4n) is 1.49. The molecule has 0 heterocycles. The van der Waals surface area contributed by atoms with Crippen LogP contribution in [-0.2, 0) is 8.92 Å². The Morgan fingerprint density at radius 2 is 2.00 bits per heavy atom. The first-order chi connectivity index (χ1) is 10.8. The zero-order valence-corrected chi connectivity index (χ0v) is 16.5. The Morgan fingerprint density at radius 1 is 1.14 bits per heavy atom. The first-order valence-electron chi connectivity index (χ1n) is 7.33. The van der Waals surface area contributed by atoms with E-state index in [1.54, 1.807) is 7.11 Å². The van der Waals surface area contributed by atoms with Gasteiger partial charge in [0, 0.05) is 26.2 Å². The molecule has 0 bridgehead atoms. The molecule has 0 saturated heterocycles. The Morgan fingerprint density at radius 3 is 2.77 bits per heavy atom. The van der Waals surface area contributed by atoms with Gasteiger partial charge in [-0.25, -0.2) is 0 Å². The molecule has 0 aromatic heterocycles. The predicted molar refractivity (Wildman–Crippen MR) is 96.0 cm³/mol. The fraction of sp³-hybridized carbons (Fsp3) is 0.600. The number of methoxy groups -OCH3 is 1. The van der Waals surface area contributed by atoms with E-state index in [1.807, 2.05) is 18.2 Å². The van der Waals surface area contributed by atoms with Gasteiger partial charge in [0.15, 0.2) is 8.67 Å². The van der Waals surface area contributed by atoms with Crippen molar-refractivity contribution >= 4 is 36.1 Å². The summed E-state index contributed by atoms with van der Waals surface area (Å²) in [5.74, 6) is 1.57. The topological polar surface area (TPSA) is 36.9 Å². The summed E-state index contributed by atoms with van der Waals surface area (Å²) in [6.45, 7) is 4.61. The summed E-state index contributed by atoms with van der Waals surface area (Å²) in [6.07, 6.45) is 2.07. The van der Waals surface area contributed by atoms with Crippen LogP contribution in [0.25, 0.3) is 0 Å². The van der Waals surface area contributed by atoms with Crippen LogP contribution >= 0.6 is 27.4 Å². The van der Waals surface area contributed by atoms with Crippen molar-refractivity contribution in [3.05, 3.63) is 22.7 Å². The average Bonchev–Trinajstić information content (AvgIpc) is 2.53. The zero-order chi connectivity index (χ0) is 16.0. The molecular formula is C15H23BrO4SSi. The summed E-state index contributed by atoms with van der Waals surface area (Å²) in [5.41, 5.74) is 0. The van der Waals surface area contributed by atoms with Gasteiger partial charge in [-0.3, -0.25) is 0 Å². The predicted octanol–water partition coefficient (Wildman–Crippen LogP) is 4.36. The van der Waals surface area contributed by atoms with Gasteiger partial charge >= 0.3 is 0 Å². The van der Waals surface area contributed by atoms with Crippen molar-refractivity contribution in [1.82, 2.24) is 0 Å². The number of rotatable bonds is 13. The number of hydrogen-bond acceptors (Lipinski definition) is 5. The standard InChI is InChI=1S/C15H23BrO4SSi/c1-3-11-22-21-20-10-9-19-15-12-13(5-6-14(15)16)18-8-4-7-17-2/h5-6,12H,3-4,7-11H2,1-2H3. The molecule has 0 aliphatic carbocycles. The van der Waals surface area contributed by atoms with Crippen molar-refractivity contribution in [3.63, 3.8) is 0 Å². The highest BCUT2D eigenvalue weighted by atomic mass is 79.9. The van der Waals surface area contributed by atoms with Crippen molar-refractivity contribution < 1.29 is 18.4 Å². The first kappa shape index (κ1) is 19.8. The highest BCUT2D eigenvalue weighted by molar-refractivity contribution is 9.10. The lowest BCUT2D eigenvalue weighted by Gasteiger charge is -2.11. The summed E-state index contributed by atoms with van der Waals surface area (Å²) in [6, 6.07) is 6.95. The summed E-state index contributed by atoms with van der Waals surface area (Å²) in [4.78, 5) is 0. The Balaban J connectivity index is 2.26. The lowest BCUT2D eigenvalue weighted by atomic mass is 10.3. The van der Waals surface area contributed by atoms with Gasteiger partial charge in [-0.2, -0.15) is 0 Å². The highest BCUT2D eigenvalue weighted by Crippen LogP contribution is 2.29. The normalized spacial score (nSPS) is 10.7. The van der Waals surface area contributed by atoms with Crippen molar-refractivity contribution in [2.45, 2.75) is 25.8 Å². The van der Waals surface area contributed by atoms with E-state index in [0.29, 0.717) is 26.4 Å². The molecule has 0 aliphatic rings. The second kappa shape index (κ2) is 13.2. The quantitative estimate of drug-likeness (QED) is 0.276. The second-order valence-electron chi connectivity index (χ2n) is 4.44. The van der Waals surface area contributed by atoms with Crippen LogP contribution in [0, 0.1) is 0 Å². The summed E-state index contributed by atoms with van der Waals surface area (Å²) < 4.78 is 22.8. The van der Waals surface area contributed by atoms with Crippen LogP contribution in [0.1, 0.15) is 19.8 Å². The molecule has 0 spiro atoms. The molecule has 0 amide bonds. The maximum Gasteiger partial charge on any atom is 0.163 e. The average molecular weight is 407 g/mol. The van der Waals surface area contributed by atoms with Gasteiger partial charge in [0.2, 0.25) is 0 Å². The maximum atomic E-state index is 5.72. The minimum absolute atomic E-state index is 0.523. The van der Waals surface area contributed by atoms with Gasteiger partial charge in [-0.15, -0.1) is 0 Å². The third kappa shape index (κ3) is 9.04. The van der Waals surface area contributed by atoms with Crippen LogP contribution in [-0.4, -0.2) is 42.2 Å². The molecule has 22 heavy (non-hydrogen) atoms. The molecule has 0 aliphatic heterocycles. The molecule has 0 atom stereocenters. The van der Waals surface area contributed by atoms with Gasteiger partial charge in [0.1, 0.15) is 18.1 Å². The highest BCUT2D eigenvalue weighted by Gasteiger charge is 2.04. The molecule has 1 aromatic rings. The number of hydrogen-bond donors (Lipinski definition) is 0. The van der Waals surface area contributed by atoms with Gasteiger partial charge in [0.05, 0.1) is 17.7 Å². The number of halogens is 1. The van der Waals surface area contributed by atoms with E-state index < -0.39 is 0 Å². The van der Waals surface area contributed by atoms with Crippen LogP contribution in [0.3, 0.4) is 0 Å². The van der Waals surface area contributed by atoms with Gasteiger partial charge in [-0.1, -0.05) is 13.3 Å². The molecule has 0 N–H and O–H groups in total. The monoisotopic (exact) mass is 406 g/mol. The van der Waals surface area contributed by atoms with Crippen molar-refractivity contribution in [3.8, 4) is 11.5 Å². The molecule has 1 rings (SSSR count). The van der Waals surface area contributed by atoms with Crippen LogP contribution in [0.5, 0.6) is 11.5 Å². The minimum Gasteiger partial charge on any atom is -0.493 e. The van der Waals surface area contributed by atoms with E-state index in [9.17, 15) is 0 Å². The van der Waals surface area contributed by atoms with Crippen molar-refractivity contribution in [2.24, 2.45) is 0 Å². The molecule has 7 heteroatoms. The zero-order valence-electron chi connectivity index (χ0n) is 13.1. The van der Waals surface area contributed by atoms with E-state index in [1.165, 1.54) is 24.0 Å². The lowest BCUT2D eigenvalue weighted by Crippen LogP contribution is -2.05. The van der Waals surface area contributed by atoms with Gasteiger partial charge in [-0.05, 0) is 45.6 Å². The summed E-state index contributed by atoms with van der Waals surface area (Å²) in [7, 11) is 2.49. The Bertz CT molecular complexity index is 409. The number of benzene rings is 1. The van der Waals surface area contributed by atoms with Crippen LogP contribution in [0.2, 0.25) is 6.04 Å². The molecule has 1 aromatic carbocycles. The number of ether oxygens (including phenoxy) is 3. The Labute approximate surface area is 148 Å². The molecule has 124 valence electrons. The lowest BCUT2D eigenvalue weighted by molar-refractivity contribution is 0.172. The fourth-order valence-corrected chi connectivity index (χ4v) is 3.74. The van der Waals surface area contributed by atoms with Gasteiger partial charge in [0.25, 0.3) is 0 Å².